The molecule has 3 rings (SSSR count). The van der Waals surface area contributed by atoms with Gasteiger partial charge in [0.25, 0.3) is 5.91 Å². The van der Waals surface area contributed by atoms with Gasteiger partial charge in [-0.15, -0.1) is 0 Å². The van der Waals surface area contributed by atoms with Crippen LogP contribution in [0.4, 0.5) is 0 Å². The van der Waals surface area contributed by atoms with Crippen LogP contribution in [0.15, 0.2) is 18.2 Å². The summed E-state index contributed by atoms with van der Waals surface area (Å²) in [4.78, 5) is 27.9. The van der Waals surface area contributed by atoms with Crippen molar-refractivity contribution in [2.45, 2.75) is 19.4 Å². The molecule has 0 saturated carbocycles. The fourth-order valence-corrected chi connectivity index (χ4v) is 2.96. The second-order valence-electron chi connectivity index (χ2n) is 5.81. The Labute approximate surface area is 124 Å². The van der Waals surface area contributed by atoms with Crippen molar-refractivity contribution < 1.29 is 9.59 Å². The van der Waals surface area contributed by atoms with E-state index in [1.54, 1.807) is 16.8 Å². The minimum absolute atomic E-state index is 0.0143. The summed E-state index contributed by atoms with van der Waals surface area (Å²) in [6, 6.07) is 5.92. The van der Waals surface area contributed by atoms with Crippen LogP contribution in [0.25, 0.3) is 0 Å². The first-order valence-electron chi connectivity index (χ1n) is 7.51. The summed E-state index contributed by atoms with van der Waals surface area (Å²) in [5.41, 5.74) is 3.21. The second-order valence-corrected chi connectivity index (χ2v) is 5.81. The topological polar surface area (TPSA) is 52.6 Å². The summed E-state index contributed by atoms with van der Waals surface area (Å²) < 4.78 is 0. The van der Waals surface area contributed by atoms with E-state index in [0.29, 0.717) is 12.1 Å². The van der Waals surface area contributed by atoms with Crippen LogP contribution in [0.2, 0.25) is 0 Å². The van der Waals surface area contributed by atoms with Crippen molar-refractivity contribution in [3.05, 3.63) is 34.9 Å². The Morgan fingerprint density at radius 2 is 2.10 bits per heavy atom. The molecule has 0 aliphatic carbocycles. The highest BCUT2D eigenvalue weighted by molar-refractivity contribution is 5.97. The van der Waals surface area contributed by atoms with Crippen LogP contribution in [-0.4, -0.2) is 54.8 Å². The van der Waals surface area contributed by atoms with E-state index in [2.05, 4.69) is 11.4 Å². The molecule has 5 nitrogen and oxygen atoms in total. The summed E-state index contributed by atoms with van der Waals surface area (Å²) >= 11 is 0. The van der Waals surface area contributed by atoms with Crippen LogP contribution >= 0.6 is 0 Å². The molecule has 0 spiro atoms. The third-order valence-corrected chi connectivity index (χ3v) is 4.30. The number of nitrogens with zero attached hydrogens (tertiary/aromatic N) is 2. The molecule has 2 aliphatic heterocycles. The minimum Gasteiger partial charge on any atom is -0.344 e. The van der Waals surface area contributed by atoms with Gasteiger partial charge in [0.05, 0.1) is 0 Å². The SMILES string of the molecule is CN1CCCN(C(=O)c2ccc3c(c2)CNCC3)CC1=O. The Bertz CT molecular complexity index is 571. The van der Waals surface area contributed by atoms with Crippen LogP contribution in [0.1, 0.15) is 27.9 Å². The minimum atomic E-state index is -0.0352. The fourth-order valence-electron chi connectivity index (χ4n) is 2.96. The van der Waals surface area contributed by atoms with Gasteiger partial charge in [-0.3, -0.25) is 9.59 Å². The summed E-state index contributed by atoms with van der Waals surface area (Å²) in [6.07, 6.45) is 1.84. The number of amides is 2. The largest absolute Gasteiger partial charge is 0.344 e. The quantitative estimate of drug-likeness (QED) is 0.824. The highest BCUT2D eigenvalue weighted by Gasteiger charge is 2.24. The average Bonchev–Trinajstić information content (AvgIpc) is 2.68. The Kier molecular flexibility index (Phi) is 3.92. The van der Waals surface area contributed by atoms with Crippen molar-refractivity contribution in [1.82, 2.24) is 15.1 Å². The Morgan fingerprint density at radius 1 is 1.24 bits per heavy atom. The average molecular weight is 287 g/mol. The molecular weight excluding hydrogens is 266 g/mol. The normalized spacial score (nSPS) is 19.2. The molecule has 0 bridgehead atoms. The van der Waals surface area contributed by atoms with Gasteiger partial charge in [-0.05, 0) is 42.6 Å². The van der Waals surface area contributed by atoms with E-state index in [1.165, 1.54) is 11.1 Å². The molecule has 0 aromatic heterocycles. The van der Waals surface area contributed by atoms with E-state index >= 15 is 0 Å². The lowest BCUT2D eigenvalue weighted by molar-refractivity contribution is -0.129. The van der Waals surface area contributed by atoms with E-state index in [9.17, 15) is 9.59 Å². The lowest BCUT2D eigenvalue weighted by Gasteiger charge is -2.22. The third kappa shape index (κ3) is 2.93. The maximum atomic E-state index is 12.6. The monoisotopic (exact) mass is 287 g/mol. The predicted molar refractivity (Wildman–Crippen MR) is 80.0 cm³/mol. The van der Waals surface area contributed by atoms with E-state index in [4.69, 9.17) is 0 Å². The summed E-state index contributed by atoms with van der Waals surface area (Å²) in [7, 11) is 1.79. The first-order chi connectivity index (χ1) is 10.1. The molecule has 2 aliphatic rings. The Morgan fingerprint density at radius 3 is 2.95 bits per heavy atom. The van der Waals surface area contributed by atoms with Gasteiger partial charge < -0.3 is 15.1 Å². The van der Waals surface area contributed by atoms with Gasteiger partial charge in [0.2, 0.25) is 5.91 Å². The van der Waals surface area contributed by atoms with Gasteiger partial charge in [0.15, 0.2) is 0 Å². The smallest absolute Gasteiger partial charge is 0.254 e. The zero-order valence-corrected chi connectivity index (χ0v) is 12.4. The van der Waals surface area contributed by atoms with E-state index in [0.717, 1.165) is 32.5 Å². The number of carbonyl (C=O) groups excluding carboxylic acids is 2. The number of hydrogen-bond acceptors (Lipinski definition) is 3. The van der Waals surface area contributed by atoms with Crippen molar-refractivity contribution in [2.24, 2.45) is 0 Å². The molecule has 0 atom stereocenters. The predicted octanol–water partition coefficient (Wildman–Crippen LogP) is 0.637. The molecule has 0 radical (unpaired) electrons. The number of fused-ring (bicyclic) bond motifs is 1. The van der Waals surface area contributed by atoms with Crippen LogP contribution in [0, 0.1) is 0 Å². The van der Waals surface area contributed by atoms with Gasteiger partial charge in [-0.25, -0.2) is 0 Å². The third-order valence-electron chi connectivity index (χ3n) is 4.30. The van der Waals surface area contributed by atoms with Crippen LogP contribution in [0.5, 0.6) is 0 Å². The van der Waals surface area contributed by atoms with Gasteiger partial charge in [0.1, 0.15) is 6.54 Å². The number of carbonyl (C=O) groups is 2. The van der Waals surface area contributed by atoms with Crippen molar-refractivity contribution in [1.29, 1.82) is 0 Å². The first kappa shape index (κ1) is 14.1. The number of rotatable bonds is 1. The number of likely N-dealkylation sites (N-methyl/N-ethyl adjacent to an activating group) is 1. The molecule has 5 heteroatoms. The number of hydrogen-bond donors (Lipinski definition) is 1. The second kappa shape index (κ2) is 5.85. The van der Waals surface area contributed by atoms with Crippen molar-refractivity contribution in [3.8, 4) is 0 Å². The van der Waals surface area contributed by atoms with Crippen molar-refractivity contribution in [2.75, 3.05) is 33.2 Å². The highest BCUT2D eigenvalue weighted by atomic mass is 16.2. The lowest BCUT2D eigenvalue weighted by Crippen LogP contribution is -2.38. The maximum absolute atomic E-state index is 12.6. The molecule has 2 amide bonds. The van der Waals surface area contributed by atoms with E-state index in [-0.39, 0.29) is 18.4 Å². The van der Waals surface area contributed by atoms with Gasteiger partial charge in [-0.1, -0.05) is 6.07 Å². The molecule has 0 unspecified atom stereocenters. The molecule has 21 heavy (non-hydrogen) atoms. The molecule has 1 fully saturated rings. The van der Waals surface area contributed by atoms with E-state index in [1.807, 2.05) is 12.1 Å². The summed E-state index contributed by atoms with van der Waals surface area (Å²) in [5, 5.41) is 3.32. The Hall–Kier alpha value is -1.88. The van der Waals surface area contributed by atoms with Crippen LogP contribution < -0.4 is 5.32 Å². The Balaban J connectivity index is 1.79. The van der Waals surface area contributed by atoms with E-state index < -0.39 is 0 Å². The van der Waals surface area contributed by atoms with Crippen molar-refractivity contribution >= 4 is 11.8 Å². The maximum Gasteiger partial charge on any atom is 0.254 e. The molecule has 1 N–H and O–H groups in total. The van der Waals surface area contributed by atoms with Gasteiger partial charge >= 0.3 is 0 Å². The molecule has 2 heterocycles. The number of nitrogens with one attached hydrogen (secondary N) is 1. The highest BCUT2D eigenvalue weighted by Crippen LogP contribution is 2.18. The summed E-state index contributed by atoms with van der Waals surface area (Å²) in [6.45, 7) is 3.36. The summed E-state index contributed by atoms with van der Waals surface area (Å²) in [5.74, 6) is -0.0208. The van der Waals surface area contributed by atoms with Gasteiger partial charge in [-0.2, -0.15) is 0 Å². The first-order valence-corrected chi connectivity index (χ1v) is 7.51. The molecule has 1 aromatic carbocycles. The van der Waals surface area contributed by atoms with Gasteiger partial charge in [0, 0.05) is 32.2 Å². The fraction of sp³-hybridized carbons (Fsp3) is 0.500. The van der Waals surface area contributed by atoms with Crippen LogP contribution in [0.3, 0.4) is 0 Å². The zero-order valence-electron chi connectivity index (χ0n) is 12.4. The molecule has 1 aromatic rings. The number of benzene rings is 1. The molecular formula is C16H21N3O2. The lowest BCUT2D eigenvalue weighted by atomic mass is 9.98. The zero-order chi connectivity index (χ0) is 14.8. The van der Waals surface area contributed by atoms with Crippen LogP contribution in [-0.2, 0) is 17.8 Å². The molecule has 112 valence electrons. The standard InChI is InChI=1S/C16H21N3O2/c1-18-7-2-8-19(11-15(18)20)16(21)13-4-3-12-5-6-17-10-14(12)9-13/h3-4,9,17H,2,5-8,10-11H2,1H3. The van der Waals surface area contributed by atoms with Crippen molar-refractivity contribution in [3.63, 3.8) is 0 Å². The molecule has 1 saturated heterocycles.